The van der Waals surface area contributed by atoms with E-state index in [4.69, 9.17) is 4.74 Å². The van der Waals surface area contributed by atoms with E-state index in [-0.39, 0.29) is 24.8 Å². The molecular weight excluding hydrogens is 319 g/mol. The van der Waals surface area contributed by atoms with Gasteiger partial charge in [0.05, 0.1) is 0 Å². The molecule has 0 saturated carbocycles. The molecule has 2 heterocycles. The molecule has 0 radical (unpaired) electrons. The van der Waals surface area contributed by atoms with Crippen LogP contribution in [0.2, 0.25) is 0 Å². The van der Waals surface area contributed by atoms with E-state index < -0.39 is 0 Å². The molecule has 22 heavy (non-hydrogen) atoms. The molecule has 3 rings (SSSR count). The van der Waals surface area contributed by atoms with Crippen LogP contribution in [0.5, 0.6) is 11.6 Å². The van der Waals surface area contributed by atoms with Crippen molar-refractivity contribution in [1.29, 1.82) is 0 Å². The molecule has 120 valence electrons. The summed E-state index contributed by atoms with van der Waals surface area (Å²) in [6.07, 6.45) is 5.69. The van der Waals surface area contributed by atoms with Crippen molar-refractivity contribution in [2.45, 2.75) is 32.2 Å². The van der Waals surface area contributed by atoms with Crippen molar-refractivity contribution in [2.24, 2.45) is 0 Å². The van der Waals surface area contributed by atoms with Crippen LogP contribution in [-0.2, 0) is 0 Å². The molecule has 0 bridgehead atoms. The minimum absolute atomic E-state index is 0. The molecule has 1 fully saturated rings. The SMILES string of the molecule is Cc1cccc(Oc2ccc(C3CCCCN3)cn2)c1.Cl.Cl. The highest BCUT2D eigenvalue weighted by Crippen LogP contribution is 2.25. The average molecular weight is 341 g/mol. The molecule has 2 aromatic rings. The van der Waals surface area contributed by atoms with Gasteiger partial charge in [-0.2, -0.15) is 0 Å². The monoisotopic (exact) mass is 340 g/mol. The molecule has 5 heteroatoms. The Morgan fingerprint density at radius 2 is 2.00 bits per heavy atom. The van der Waals surface area contributed by atoms with Crippen molar-refractivity contribution in [1.82, 2.24) is 10.3 Å². The van der Waals surface area contributed by atoms with Crippen molar-refractivity contribution < 1.29 is 4.74 Å². The van der Waals surface area contributed by atoms with E-state index in [1.807, 2.05) is 30.5 Å². The number of hydrogen-bond donors (Lipinski definition) is 1. The van der Waals surface area contributed by atoms with Crippen LogP contribution in [0.3, 0.4) is 0 Å². The largest absolute Gasteiger partial charge is 0.439 e. The van der Waals surface area contributed by atoms with Gasteiger partial charge in [0.2, 0.25) is 5.88 Å². The van der Waals surface area contributed by atoms with Crippen LogP contribution in [0.25, 0.3) is 0 Å². The molecule has 0 spiro atoms. The molecule has 1 saturated heterocycles. The van der Waals surface area contributed by atoms with Gasteiger partial charge in [-0.15, -0.1) is 24.8 Å². The van der Waals surface area contributed by atoms with Gasteiger partial charge in [-0.3, -0.25) is 0 Å². The summed E-state index contributed by atoms with van der Waals surface area (Å²) in [4.78, 5) is 4.42. The number of benzene rings is 1. The fourth-order valence-electron chi connectivity index (χ4n) is 2.59. The summed E-state index contributed by atoms with van der Waals surface area (Å²) in [5.41, 5.74) is 2.44. The Bertz CT molecular complexity index is 569. The maximum Gasteiger partial charge on any atom is 0.219 e. The van der Waals surface area contributed by atoms with Gasteiger partial charge in [0.25, 0.3) is 0 Å². The first kappa shape index (κ1) is 18.8. The van der Waals surface area contributed by atoms with Gasteiger partial charge in [0.1, 0.15) is 5.75 Å². The number of rotatable bonds is 3. The number of nitrogens with one attached hydrogen (secondary N) is 1. The van der Waals surface area contributed by atoms with Crippen molar-refractivity contribution >= 4 is 24.8 Å². The van der Waals surface area contributed by atoms with Gasteiger partial charge in [-0.05, 0) is 49.6 Å². The van der Waals surface area contributed by atoms with Crippen molar-refractivity contribution in [3.05, 3.63) is 53.7 Å². The zero-order valence-corrected chi connectivity index (χ0v) is 14.3. The predicted molar refractivity (Wildman–Crippen MR) is 94.6 cm³/mol. The van der Waals surface area contributed by atoms with Gasteiger partial charge in [-0.25, -0.2) is 4.98 Å². The Hall–Kier alpha value is -1.29. The van der Waals surface area contributed by atoms with E-state index in [0.29, 0.717) is 11.9 Å². The standard InChI is InChI=1S/C17H20N2O.2ClH/c1-13-5-4-6-15(11-13)20-17-9-8-14(12-19-17)16-7-2-3-10-18-16;;/h4-6,8-9,11-12,16,18H,2-3,7,10H2,1H3;2*1H. The first-order valence-corrected chi connectivity index (χ1v) is 7.25. The molecule has 0 aliphatic carbocycles. The van der Waals surface area contributed by atoms with E-state index in [1.54, 1.807) is 0 Å². The molecule has 1 atom stereocenters. The number of aryl methyl sites for hydroxylation is 1. The number of piperidine rings is 1. The fraction of sp³-hybridized carbons (Fsp3) is 0.353. The van der Waals surface area contributed by atoms with E-state index in [9.17, 15) is 0 Å². The second-order valence-electron chi connectivity index (χ2n) is 5.35. The number of aromatic nitrogens is 1. The minimum atomic E-state index is 0. The summed E-state index contributed by atoms with van der Waals surface area (Å²) in [7, 11) is 0. The lowest BCUT2D eigenvalue weighted by Gasteiger charge is -2.23. The summed E-state index contributed by atoms with van der Waals surface area (Å²) >= 11 is 0. The van der Waals surface area contributed by atoms with Gasteiger partial charge < -0.3 is 10.1 Å². The highest BCUT2D eigenvalue weighted by Gasteiger charge is 2.14. The van der Waals surface area contributed by atoms with Gasteiger partial charge in [0.15, 0.2) is 0 Å². The third-order valence-corrected chi connectivity index (χ3v) is 3.68. The molecule has 1 aliphatic rings. The summed E-state index contributed by atoms with van der Waals surface area (Å²) in [6, 6.07) is 12.5. The topological polar surface area (TPSA) is 34.1 Å². The highest BCUT2D eigenvalue weighted by atomic mass is 35.5. The Morgan fingerprint density at radius 3 is 2.64 bits per heavy atom. The molecule has 1 aliphatic heterocycles. The quantitative estimate of drug-likeness (QED) is 0.867. The van der Waals surface area contributed by atoms with Crippen LogP contribution in [0.1, 0.15) is 36.4 Å². The second-order valence-corrected chi connectivity index (χ2v) is 5.35. The number of pyridine rings is 1. The fourth-order valence-corrected chi connectivity index (χ4v) is 2.59. The van der Waals surface area contributed by atoms with E-state index >= 15 is 0 Å². The maximum absolute atomic E-state index is 5.77. The minimum Gasteiger partial charge on any atom is -0.439 e. The summed E-state index contributed by atoms with van der Waals surface area (Å²) in [6.45, 7) is 3.16. The number of nitrogens with zero attached hydrogens (tertiary/aromatic N) is 1. The average Bonchev–Trinajstić information content (AvgIpc) is 2.49. The van der Waals surface area contributed by atoms with Crippen molar-refractivity contribution in [3.63, 3.8) is 0 Å². The van der Waals surface area contributed by atoms with Gasteiger partial charge >= 0.3 is 0 Å². The lowest BCUT2D eigenvalue weighted by atomic mass is 9.99. The number of halogens is 2. The summed E-state index contributed by atoms with van der Waals surface area (Å²) < 4.78 is 5.77. The third-order valence-electron chi connectivity index (χ3n) is 3.68. The molecular formula is C17H22Cl2N2O. The van der Waals surface area contributed by atoms with E-state index in [0.717, 1.165) is 12.3 Å². The third kappa shape index (κ3) is 4.87. The van der Waals surface area contributed by atoms with Gasteiger partial charge in [-0.1, -0.05) is 24.6 Å². The first-order chi connectivity index (χ1) is 9.81. The number of ether oxygens (including phenoxy) is 1. The Kier molecular flexibility index (Phi) is 7.66. The molecule has 1 aromatic heterocycles. The Morgan fingerprint density at radius 1 is 1.14 bits per heavy atom. The van der Waals surface area contributed by atoms with Gasteiger partial charge in [0, 0.05) is 18.3 Å². The maximum atomic E-state index is 5.77. The van der Waals surface area contributed by atoms with Crippen LogP contribution in [0.15, 0.2) is 42.6 Å². The zero-order chi connectivity index (χ0) is 13.8. The van der Waals surface area contributed by atoms with Crippen LogP contribution in [-0.4, -0.2) is 11.5 Å². The highest BCUT2D eigenvalue weighted by molar-refractivity contribution is 5.85. The molecule has 1 aromatic carbocycles. The lowest BCUT2D eigenvalue weighted by molar-refractivity contribution is 0.409. The van der Waals surface area contributed by atoms with E-state index in [2.05, 4.69) is 29.4 Å². The summed E-state index contributed by atoms with van der Waals surface area (Å²) in [5, 5.41) is 3.53. The van der Waals surface area contributed by atoms with Crippen molar-refractivity contribution in [3.8, 4) is 11.6 Å². The summed E-state index contributed by atoms with van der Waals surface area (Å²) in [5.74, 6) is 1.48. The van der Waals surface area contributed by atoms with E-state index in [1.165, 1.54) is 30.4 Å². The molecule has 1 unspecified atom stereocenters. The van der Waals surface area contributed by atoms with Crippen LogP contribution >= 0.6 is 24.8 Å². The normalized spacial score (nSPS) is 17.0. The molecule has 3 nitrogen and oxygen atoms in total. The molecule has 0 amide bonds. The first-order valence-electron chi connectivity index (χ1n) is 7.25. The predicted octanol–water partition coefficient (Wildman–Crippen LogP) is 4.84. The number of hydrogen-bond acceptors (Lipinski definition) is 3. The van der Waals surface area contributed by atoms with Crippen LogP contribution in [0, 0.1) is 6.92 Å². The molecule has 1 N–H and O–H groups in total. The van der Waals surface area contributed by atoms with Crippen molar-refractivity contribution in [2.75, 3.05) is 6.54 Å². The lowest BCUT2D eigenvalue weighted by Crippen LogP contribution is -2.26. The van der Waals surface area contributed by atoms with Crippen LogP contribution in [0.4, 0.5) is 0 Å². The Balaban J connectivity index is 0.00000121. The zero-order valence-electron chi connectivity index (χ0n) is 12.6. The second kappa shape index (κ2) is 8.99. The smallest absolute Gasteiger partial charge is 0.219 e. The Labute approximate surface area is 144 Å². The van der Waals surface area contributed by atoms with Crippen LogP contribution < -0.4 is 10.1 Å².